The van der Waals surface area contributed by atoms with E-state index in [-0.39, 0.29) is 6.10 Å². The third-order valence-corrected chi connectivity index (χ3v) is 2.57. The van der Waals surface area contributed by atoms with E-state index < -0.39 is 6.10 Å². The van der Waals surface area contributed by atoms with Gasteiger partial charge in [-0.2, -0.15) is 0 Å². The Balaban J connectivity index is 2.25. The van der Waals surface area contributed by atoms with E-state index in [9.17, 15) is 5.11 Å². The molecular weight excluding hydrogens is 230 g/mol. The van der Waals surface area contributed by atoms with Gasteiger partial charge in [0.15, 0.2) is 0 Å². The summed E-state index contributed by atoms with van der Waals surface area (Å²) in [4.78, 5) is 0. The van der Waals surface area contributed by atoms with Crippen molar-refractivity contribution in [3.05, 3.63) is 29.8 Å². The van der Waals surface area contributed by atoms with Gasteiger partial charge >= 0.3 is 0 Å². The van der Waals surface area contributed by atoms with E-state index in [4.69, 9.17) is 9.47 Å². The first-order valence-corrected chi connectivity index (χ1v) is 6.28. The van der Waals surface area contributed by atoms with Crippen molar-refractivity contribution in [2.24, 2.45) is 0 Å². The van der Waals surface area contributed by atoms with Gasteiger partial charge in [-0.3, -0.25) is 0 Å². The summed E-state index contributed by atoms with van der Waals surface area (Å²) in [5.41, 5.74) is 0.882. The summed E-state index contributed by atoms with van der Waals surface area (Å²) >= 11 is 0. The molecule has 2 N–H and O–H groups in total. The monoisotopic (exact) mass is 253 g/mol. The number of rotatable bonds is 8. The van der Waals surface area contributed by atoms with Gasteiger partial charge in [0.2, 0.25) is 0 Å². The van der Waals surface area contributed by atoms with Crippen molar-refractivity contribution < 1.29 is 14.6 Å². The molecule has 1 atom stereocenters. The van der Waals surface area contributed by atoms with E-state index in [1.807, 2.05) is 38.1 Å². The molecule has 0 heterocycles. The van der Waals surface area contributed by atoms with E-state index in [1.165, 1.54) is 0 Å². The number of ether oxygens (including phenoxy) is 2. The Hall–Kier alpha value is -1.10. The number of nitrogens with one attached hydrogen (secondary N) is 1. The third-order valence-electron chi connectivity index (χ3n) is 2.57. The molecule has 102 valence electrons. The zero-order valence-corrected chi connectivity index (χ0v) is 11.3. The molecule has 0 radical (unpaired) electrons. The normalized spacial score (nSPS) is 12.7. The van der Waals surface area contributed by atoms with E-state index in [2.05, 4.69) is 5.32 Å². The van der Waals surface area contributed by atoms with Crippen LogP contribution in [-0.2, 0) is 4.74 Å². The van der Waals surface area contributed by atoms with Crippen LogP contribution < -0.4 is 10.1 Å². The smallest absolute Gasteiger partial charge is 0.118 e. The Kier molecular flexibility index (Phi) is 6.72. The van der Waals surface area contributed by atoms with Gasteiger partial charge < -0.3 is 19.9 Å². The summed E-state index contributed by atoms with van der Waals surface area (Å²) in [6.07, 6.45) is -0.256. The molecule has 0 aromatic heterocycles. The van der Waals surface area contributed by atoms with Crippen molar-refractivity contribution in [1.82, 2.24) is 5.32 Å². The first-order valence-electron chi connectivity index (χ1n) is 6.28. The highest BCUT2D eigenvalue weighted by Gasteiger charge is 2.06. The van der Waals surface area contributed by atoms with Gasteiger partial charge in [-0.05, 0) is 31.5 Å². The van der Waals surface area contributed by atoms with Gasteiger partial charge in [-0.1, -0.05) is 12.1 Å². The number of methoxy groups -OCH3 is 1. The molecule has 1 aromatic carbocycles. The van der Waals surface area contributed by atoms with Crippen LogP contribution in [0.2, 0.25) is 0 Å². The fourth-order valence-electron chi connectivity index (χ4n) is 1.55. The highest BCUT2D eigenvalue weighted by atomic mass is 16.5. The second-order valence-electron chi connectivity index (χ2n) is 4.41. The zero-order valence-electron chi connectivity index (χ0n) is 11.3. The van der Waals surface area contributed by atoms with Crippen LogP contribution in [0.1, 0.15) is 25.5 Å². The fourth-order valence-corrected chi connectivity index (χ4v) is 1.55. The summed E-state index contributed by atoms with van der Waals surface area (Å²) in [5.74, 6) is 0.796. The molecule has 0 aliphatic carbocycles. The predicted octanol–water partition coefficient (Wildman–Crippen LogP) is 1.74. The maximum atomic E-state index is 9.95. The van der Waals surface area contributed by atoms with Crippen LogP contribution in [0.25, 0.3) is 0 Å². The molecular formula is C14H23NO3. The number of hydrogen-bond donors (Lipinski definition) is 2. The highest BCUT2D eigenvalue weighted by Crippen LogP contribution is 2.16. The molecule has 4 nitrogen and oxygen atoms in total. The summed E-state index contributed by atoms with van der Waals surface area (Å²) in [6.45, 7) is 5.94. The predicted molar refractivity (Wildman–Crippen MR) is 71.9 cm³/mol. The van der Waals surface area contributed by atoms with Crippen molar-refractivity contribution in [2.75, 3.05) is 26.8 Å². The number of hydrogen-bond acceptors (Lipinski definition) is 4. The number of aliphatic hydroxyl groups excluding tert-OH is 1. The van der Waals surface area contributed by atoms with E-state index in [0.29, 0.717) is 13.2 Å². The molecule has 0 spiro atoms. The van der Waals surface area contributed by atoms with E-state index in [1.54, 1.807) is 7.11 Å². The Bertz CT molecular complexity index is 324. The molecule has 0 aliphatic heterocycles. The Morgan fingerprint density at radius 3 is 2.44 bits per heavy atom. The SMILES string of the molecule is COc1ccc(C(O)CNCCOC(C)C)cc1. The molecule has 1 aromatic rings. The third kappa shape index (κ3) is 5.49. The molecule has 0 amide bonds. The quantitative estimate of drug-likeness (QED) is 0.693. The second kappa shape index (κ2) is 8.08. The zero-order chi connectivity index (χ0) is 13.4. The van der Waals surface area contributed by atoms with Crippen LogP contribution in [0.4, 0.5) is 0 Å². The standard InChI is InChI=1S/C14H23NO3/c1-11(2)18-9-8-15-10-14(16)12-4-6-13(17-3)7-5-12/h4-7,11,14-16H,8-10H2,1-3H3. The molecule has 18 heavy (non-hydrogen) atoms. The summed E-state index contributed by atoms with van der Waals surface area (Å²) in [5, 5.41) is 13.1. The van der Waals surface area contributed by atoms with Crippen molar-refractivity contribution >= 4 is 0 Å². The average Bonchev–Trinajstić information content (AvgIpc) is 2.38. The average molecular weight is 253 g/mol. The van der Waals surface area contributed by atoms with Crippen LogP contribution in [0.15, 0.2) is 24.3 Å². The Labute approximate surface area is 109 Å². The topological polar surface area (TPSA) is 50.7 Å². The summed E-state index contributed by atoms with van der Waals surface area (Å²) < 4.78 is 10.5. The maximum Gasteiger partial charge on any atom is 0.118 e. The minimum absolute atomic E-state index is 0.248. The van der Waals surface area contributed by atoms with Crippen LogP contribution in [0, 0.1) is 0 Å². The van der Waals surface area contributed by atoms with Gasteiger partial charge in [0.25, 0.3) is 0 Å². The molecule has 0 bridgehead atoms. The van der Waals surface area contributed by atoms with E-state index >= 15 is 0 Å². The van der Waals surface area contributed by atoms with Gasteiger partial charge in [0.1, 0.15) is 5.75 Å². The van der Waals surface area contributed by atoms with Crippen molar-refractivity contribution in [3.8, 4) is 5.75 Å². The second-order valence-corrected chi connectivity index (χ2v) is 4.41. The largest absolute Gasteiger partial charge is 0.497 e. The first kappa shape index (κ1) is 15.0. The minimum atomic E-state index is -0.505. The lowest BCUT2D eigenvalue weighted by Gasteiger charge is -2.13. The first-order chi connectivity index (χ1) is 8.63. The van der Waals surface area contributed by atoms with Crippen LogP contribution in [0.5, 0.6) is 5.75 Å². The van der Waals surface area contributed by atoms with Crippen molar-refractivity contribution in [3.63, 3.8) is 0 Å². The number of benzene rings is 1. The molecule has 0 fully saturated rings. The molecule has 1 rings (SSSR count). The lowest BCUT2D eigenvalue weighted by atomic mass is 10.1. The minimum Gasteiger partial charge on any atom is -0.497 e. The molecule has 0 saturated carbocycles. The molecule has 1 unspecified atom stereocenters. The van der Waals surface area contributed by atoms with Gasteiger partial charge in [-0.15, -0.1) is 0 Å². The fraction of sp³-hybridized carbons (Fsp3) is 0.571. The Morgan fingerprint density at radius 1 is 1.22 bits per heavy atom. The van der Waals surface area contributed by atoms with Crippen LogP contribution in [0.3, 0.4) is 0 Å². The van der Waals surface area contributed by atoms with Gasteiger partial charge in [0, 0.05) is 13.1 Å². The lowest BCUT2D eigenvalue weighted by molar-refractivity contribution is 0.0781. The molecule has 4 heteroatoms. The Morgan fingerprint density at radius 2 is 1.89 bits per heavy atom. The van der Waals surface area contributed by atoms with E-state index in [0.717, 1.165) is 17.9 Å². The molecule has 0 saturated heterocycles. The summed E-state index contributed by atoms with van der Waals surface area (Å²) in [6, 6.07) is 7.44. The highest BCUT2D eigenvalue weighted by molar-refractivity contribution is 5.28. The summed E-state index contributed by atoms with van der Waals surface area (Å²) in [7, 11) is 1.63. The van der Waals surface area contributed by atoms with Crippen molar-refractivity contribution in [2.45, 2.75) is 26.1 Å². The van der Waals surface area contributed by atoms with Crippen molar-refractivity contribution in [1.29, 1.82) is 0 Å². The number of aliphatic hydroxyl groups is 1. The molecule has 0 aliphatic rings. The maximum absolute atomic E-state index is 9.95. The lowest BCUT2D eigenvalue weighted by Crippen LogP contribution is -2.26. The van der Waals surface area contributed by atoms with Gasteiger partial charge in [-0.25, -0.2) is 0 Å². The van der Waals surface area contributed by atoms with Gasteiger partial charge in [0.05, 0.1) is 25.9 Å². The van der Waals surface area contributed by atoms with Crippen LogP contribution in [-0.4, -0.2) is 38.0 Å². The van der Waals surface area contributed by atoms with Crippen LogP contribution >= 0.6 is 0 Å².